The van der Waals surface area contributed by atoms with Crippen molar-refractivity contribution in [3.8, 4) is 28.5 Å². The predicted octanol–water partition coefficient (Wildman–Crippen LogP) is 3.72. The summed E-state index contributed by atoms with van der Waals surface area (Å²) in [4.78, 5) is 30.6. The molecule has 1 fully saturated rings. The molecule has 0 atom stereocenters. The third kappa shape index (κ3) is 5.01. The third-order valence-corrected chi connectivity index (χ3v) is 7.01. The Hall–Kier alpha value is -4.49. The van der Waals surface area contributed by atoms with Crippen LogP contribution in [0.3, 0.4) is 0 Å². The smallest absolute Gasteiger partial charge is 0.407 e. The highest BCUT2D eigenvalue weighted by atomic mass is 16.5. The maximum atomic E-state index is 11.4. The lowest BCUT2D eigenvalue weighted by molar-refractivity contribution is 0.170. The SMILES string of the molecule is COC(=O)NCc1ccc(-c2c(-c3ccc(C#N)cc3)nc(N3CCC(N(C)C)CC3)n3ccnc23)cn1. The predicted molar refractivity (Wildman–Crippen MR) is 145 cm³/mol. The molecule has 10 heteroatoms. The van der Waals surface area contributed by atoms with Gasteiger partial charge in [0, 0.05) is 48.8 Å². The Kier molecular flexibility index (Phi) is 7.20. The van der Waals surface area contributed by atoms with Crippen LogP contribution in [-0.2, 0) is 11.3 Å². The van der Waals surface area contributed by atoms with Crippen LogP contribution in [-0.4, -0.2) is 70.7 Å². The number of hydrogen-bond donors (Lipinski definition) is 1. The second-order valence-electron chi connectivity index (χ2n) is 9.51. The standard InChI is InChI=1S/C28H30N8O2/c1-34(2)23-10-13-35(14-11-23)27-33-25(20-6-4-19(16-29)5-7-20)24(26-30-12-15-36(26)27)21-8-9-22(31-17-21)18-32-28(37)38-3/h4-9,12,15,17,23H,10-11,13-14,18H2,1-3H3,(H,32,37). The molecule has 194 valence electrons. The number of benzene rings is 1. The molecular weight excluding hydrogens is 480 g/mol. The van der Waals surface area contributed by atoms with Crippen molar-refractivity contribution in [1.82, 2.24) is 29.6 Å². The molecule has 5 rings (SSSR count). The van der Waals surface area contributed by atoms with E-state index in [1.165, 1.54) is 7.11 Å². The number of carbonyl (C=O) groups excluding carboxylic acids is 1. The van der Waals surface area contributed by atoms with Crippen LogP contribution in [0.5, 0.6) is 0 Å². The fourth-order valence-electron chi connectivity index (χ4n) is 4.86. The number of carbonyl (C=O) groups is 1. The van der Waals surface area contributed by atoms with E-state index >= 15 is 0 Å². The lowest BCUT2D eigenvalue weighted by atomic mass is 10.00. The molecule has 0 aliphatic carbocycles. The van der Waals surface area contributed by atoms with Gasteiger partial charge in [0.25, 0.3) is 0 Å². The van der Waals surface area contributed by atoms with Crippen molar-refractivity contribution in [3.05, 3.63) is 66.2 Å². The number of methoxy groups -OCH3 is 1. The molecule has 4 aromatic rings. The lowest BCUT2D eigenvalue weighted by Gasteiger charge is -2.36. The topological polar surface area (TPSA) is 112 Å². The number of nitrogens with zero attached hydrogens (tertiary/aromatic N) is 7. The number of ether oxygens (including phenoxy) is 1. The number of piperidine rings is 1. The van der Waals surface area contributed by atoms with Crippen molar-refractivity contribution >= 4 is 17.7 Å². The van der Waals surface area contributed by atoms with Crippen molar-refractivity contribution < 1.29 is 9.53 Å². The van der Waals surface area contributed by atoms with Crippen LogP contribution in [0.1, 0.15) is 24.1 Å². The highest BCUT2D eigenvalue weighted by Gasteiger charge is 2.26. The van der Waals surface area contributed by atoms with E-state index in [9.17, 15) is 10.1 Å². The van der Waals surface area contributed by atoms with Crippen LogP contribution in [0.15, 0.2) is 55.0 Å². The molecule has 0 bridgehead atoms. The van der Waals surface area contributed by atoms with Gasteiger partial charge in [0.1, 0.15) is 5.65 Å². The van der Waals surface area contributed by atoms with Crippen LogP contribution < -0.4 is 10.2 Å². The van der Waals surface area contributed by atoms with Crippen molar-refractivity contribution in [2.75, 3.05) is 39.2 Å². The number of alkyl carbamates (subject to hydrolysis) is 1. The first kappa shape index (κ1) is 25.2. The van der Waals surface area contributed by atoms with Crippen LogP contribution >= 0.6 is 0 Å². The molecule has 1 amide bonds. The van der Waals surface area contributed by atoms with Gasteiger partial charge in [-0.2, -0.15) is 5.26 Å². The first-order valence-electron chi connectivity index (χ1n) is 12.5. The summed E-state index contributed by atoms with van der Waals surface area (Å²) in [6.07, 6.45) is 7.13. The molecule has 3 aromatic heterocycles. The van der Waals surface area contributed by atoms with Crippen LogP contribution in [0, 0.1) is 11.3 Å². The minimum Gasteiger partial charge on any atom is -0.453 e. The summed E-state index contributed by atoms with van der Waals surface area (Å²) in [7, 11) is 5.60. The van der Waals surface area contributed by atoms with Gasteiger partial charge in [0.05, 0.1) is 42.2 Å². The van der Waals surface area contributed by atoms with E-state index < -0.39 is 6.09 Å². The summed E-state index contributed by atoms with van der Waals surface area (Å²) < 4.78 is 6.69. The van der Waals surface area contributed by atoms with E-state index in [0.717, 1.165) is 59.9 Å². The van der Waals surface area contributed by atoms with E-state index in [0.29, 0.717) is 17.3 Å². The van der Waals surface area contributed by atoms with Crippen LogP contribution in [0.4, 0.5) is 10.7 Å². The van der Waals surface area contributed by atoms with E-state index in [1.54, 1.807) is 24.5 Å². The Bertz CT molecular complexity index is 1460. The number of anilines is 1. The summed E-state index contributed by atoms with van der Waals surface area (Å²) in [6.45, 7) is 2.06. The summed E-state index contributed by atoms with van der Waals surface area (Å²) in [5.41, 5.74) is 5.45. The quantitative estimate of drug-likeness (QED) is 0.418. The average Bonchev–Trinajstić information content (AvgIpc) is 3.45. The zero-order chi connectivity index (χ0) is 26.6. The normalized spacial score (nSPS) is 14.0. The maximum Gasteiger partial charge on any atom is 0.407 e. The van der Waals surface area contributed by atoms with Gasteiger partial charge in [-0.3, -0.25) is 9.38 Å². The van der Waals surface area contributed by atoms with Gasteiger partial charge in [0.15, 0.2) is 0 Å². The van der Waals surface area contributed by atoms with E-state index in [4.69, 9.17) is 9.97 Å². The molecule has 1 aliphatic rings. The Morgan fingerprint density at radius 1 is 1.13 bits per heavy atom. The van der Waals surface area contributed by atoms with Crippen LogP contribution in [0.25, 0.3) is 28.0 Å². The molecule has 1 N–H and O–H groups in total. The largest absolute Gasteiger partial charge is 0.453 e. The summed E-state index contributed by atoms with van der Waals surface area (Å²) >= 11 is 0. The van der Waals surface area contributed by atoms with Gasteiger partial charge in [-0.25, -0.2) is 14.8 Å². The fourth-order valence-corrected chi connectivity index (χ4v) is 4.86. The van der Waals surface area contributed by atoms with Gasteiger partial charge >= 0.3 is 6.09 Å². The fraction of sp³-hybridized carbons (Fsp3) is 0.321. The van der Waals surface area contributed by atoms with Gasteiger partial charge < -0.3 is 19.9 Å². The number of aromatic nitrogens is 4. The summed E-state index contributed by atoms with van der Waals surface area (Å²) in [5, 5.41) is 12.0. The van der Waals surface area contributed by atoms with Crippen molar-refractivity contribution in [2.24, 2.45) is 0 Å². The van der Waals surface area contributed by atoms with Crippen molar-refractivity contribution in [3.63, 3.8) is 0 Å². The average molecular weight is 511 g/mol. The van der Waals surface area contributed by atoms with E-state index in [2.05, 4.69) is 45.0 Å². The molecule has 0 spiro atoms. The molecule has 0 saturated carbocycles. The Morgan fingerprint density at radius 3 is 2.50 bits per heavy atom. The number of imidazole rings is 1. The zero-order valence-electron chi connectivity index (χ0n) is 21.8. The number of amides is 1. The van der Waals surface area contributed by atoms with Gasteiger partial charge in [-0.15, -0.1) is 0 Å². The molecule has 1 saturated heterocycles. The monoisotopic (exact) mass is 510 g/mol. The van der Waals surface area contributed by atoms with Gasteiger partial charge in [-0.1, -0.05) is 18.2 Å². The van der Waals surface area contributed by atoms with Crippen LogP contribution in [0.2, 0.25) is 0 Å². The second kappa shape index (κ2) is 10.9. The lowest BCUT2D eigenvalue weighted by Crippen LogP contribution is -2.43. The number of pyridine rings is 1. The van der Waals surface area contributed by atoms with E-state index in [1.807, 2.05) is 34.9 Å². The Morgan fingerprint density at radius 2 is 1.87 bits per heavy atom. The zero-order valence-corrected chi connectivity index (χ0v) is 21.8. The van der Waals surface area contributed by atoms with Gasteiger partial charge in [-0.05, 0) is 45.1 Å². The molecule has 1 aliphatic heterocycles. The number of nitriles is 1. The number of nitrogens with one attached hydrogen (secondary N) is 1. The first-order chi connectivity index (χ1) is 18.5. The molecule has 0 unspecified atom stereocenters. The molecule has 0 radical (unpaired) electrons. The second-order valence-corrected chi connectivity index (χ2v) is 9.51. The number of rotatable bonds is 6. The van der Waals surface area contributed by atoms with Crippen molar-refractivity contribution in [1.29, 1.82) is 5.26 Å². The van der Waals surface area contributed by atoms with Gasteiger partial charge in [0.2, 0.25) is 5.95 Å². The maximum absolute atomic E-state index is 11.4. The van der Waals surface area contributed by atoms with Crippen molar-refractivity contribution in [2.45, 2.75) is 25.4 Å². The number of hydrogen-bond acceptors (Lipinski definition) is 8. The highest BCUT2D eigenvalue weighted by Crippen LogP contribution is 2.36. The minimum absolute atomic E-state index is 0.258. The molecule has 38 heavy (non-hydrogen) atoms. The molecular formula is C28H30N8O2. The van der Waals surface area contributed by atoms with E-state index in [-0.39, 0.29) is 6.54 Å². The third-order valence-electron chi connectivity index (χ3n) is 7.01. The molecule has 4 heterocycles. The summed E-state index contributed by atoms with van der Waals surface area (Å²) in [6, 6.07) is 14.0. The first-order valence-corrected chi connectivity index (χ1v) is 12.5. The number of fused-ring (bicyclic) bond motifs is 1. The molecule has 10 nitrogen and oxygen atoms in total. The Labute approximate surface area is 221 Å². The summed E-state index contributed by atoms with van der Waals surface area (Å²) in [5.74, 6) is 0.852. The molecule has 1 aromatic carbocycles. The minimum atomic E-state index is -0.507. The Balaban J connectivity index is 1.59. The highest BCUT2D eigenvalue weighted by molar-refractivity contribution is 5.91.